The van der Waals surface area contributed by atoms with Gasteiger partial charge in [0.2, 0.25) is 5.91 Å². The Morgan fingerprint density at radius 2 is 1.94 bits per heavy atom. The van der Waals surface area contributed by atoms with Crippen molar-refractivity contribution in [2.24, 2.45) is 11.1 Å². The van der Waals surface area contributed by atoms with Crippen LogP contribution in [-0.4, -0.2) is 43.1 Å². The van der Waals surface area contributed by atoms with Crippen LogP contribution in [0.4, 0.5) is 0 Å². The summed E-state index contributed by atoms with van der Waals surface area (Å²) in [6, 6.07) is 0. The largest absolute Gasteiger partial charge is 0.392 e. The minimum Gasteiger partial charge on any atom is -0.392 e. The Balaban J connectivity index is 4.80. The molecule has 0 unspecified atom stereocenters. The van der Waals surface area contributed by atoms with E-state index in [2.05, 4.69) is 0 Å². The second-order valence-electron chi connectivity index (χ2n) is 3.87. The molecule has 0 saturated heterocycles. The van der Waals surface area contributed by atoms with E-state index in [9.17, 15) is 4.79 Å². The van der Waals surface area contributed by atoms with E-state index in [-0.39, 0.29) is 10.9 Å². The average Bonchev–Trinajstić information content (AvgIpc) is 2.27. The Kier molecular flexibility index (Phi) is 6.52. The zero-order valence-corrected chi connectivity index (χ0v) is 11.4. The summed E-state index contributed by atoms with van der Waals surface area (Å²) in [6.45, 7) is 4.94. The molecule has 0 aliphatic carbocycles. The van der Waals surface area contributed by atoms with E-state index in [4.69, 9.17) is 22.7 Å². The van der Waals surface area contributed by atoms with Gasteiger partial charge in [-0.1, -0.05) is 26.1 Å². The fourth-order valence-electron chi connectivity index (χ4n) is 1.70. The quantitative estimate of drug-likeness (QED) is 0.685. The molecule has 0 aliphatic heterocycles. The number of likely N-dealkylation sites (N-methyl/N-ethyl adjacent to an activating group) is 1. The minimum atomic E-state index is -0.697. The molecule has 5 heteroatoms. The van der Waals surface area contributed by atoms with Crippen LogP contribution in [0, 0.1) is 5.41 Å². The van der Waals surface area contributed by atoms with Gasteiger partial charge in [0.25, 0.3) is 0 Å². The summed E-state index contributed by atoms with van der Waals surface area (Å²) in [7, 11) is 3.36. The van der Waals surface area contributed by atoms with Crippen LogP contribution in [0.5, 0.6) is 0 Å². The maximum Gasteiger partial charge on any atom is 0.235 e. The van der Waals surface area contributed by atoms with E-state index in [1.54, 1.807) is 19.1 Å². The minimum absolute atomic E-state index is 0.0120. The lowest BCUT2D eigenvalue weighted by Gasteiger charge is -2.33. The summed E-state index contributed by atoms with van der Waals surface area (Å²) in [4.78, 5) is 14.2. The van der Waals surface area contributed by atoms with Crippen molar-refractivity contribution < 1.29 is 9.53 Å². The molecule has 0 rings (SSSR count). The van der Waals surface area contributed by atoms with E-state index < -0.39 is 5.41 Å². The third-order valence-corrected chi connectivity index (χ3v) is 3.46. The molecule has 4 nitrogen and oxygen atoms in total. The number of ether oxygens (including phenoxy) is 1. The van der Waals surface area contributed by atoms with Crippen LogP contribution in [-0.2, 0) is 9.53 Å². The lowest BCUT2D eigenvalue weighted by molar-refractivity contribution is -0.137. The Bertz CT molecular complexity index is 252. The molecular formula is C11H22N2O2S. The first-order valence-electron chi connectivity index (χ1n) is 5.50. The highest BCUT2D eigenvalue weighted by Gasteiger charge is 2.39. The summed E-state index contributed by atoms with van der Waals surface area (Å²) in [5, 5.41) is 0. The molecule has 16 heavy (non-hydrogen) atoms. The Hall–Kier alpha value is -0.680. The number of carbonyl (C=O) groups is 1. The molecule has 0 spiro atoms. The van der Waals surface area contributed by atoms with Crippen molar-refractivity contribution in [3.8, 4) is 0 Å². The van der Waals surface area contributed by atoms with Gasteiger partial charge in [0.05, 0.1) is 17.0 Å². The van der Waals surface area contributed by atoms with Gasteiger partial charge in [-0.25, -0.2) is 0 Å². The molecule has 0 saturated carbocycles. The number of hydrogen-bond donors (Lipinski definition) is 1. The van der Waals surface area contributed by atoms with Crippen molar-refractivity contribution in [3.63, 3.8) is 0 Å². The lowest BCUT2D eigenvalue weighted by Crippen LogP contribution is -2.49. The molecule has 2 N–H and O–H groups in total. The number of nitrogens with two attached hydrogens (primary N) is 1. The zero-order chi connectivity index (χ0) is 12.8. The molecule has 0 aromatic carbocycles. The number of nitrogens with zero attached hydrogens (tertiary/aromatic N) is 1. The topological polar surface area (TPSA) is 55.6 Å². The smallest absolute Gasteiger partial charge is 0.235 e. The summed E-state index contributed by atoms with van der Waals surface area (Å²) in [6.07, 6.45) is 1.27. The van der Waals surface area contributed by atoms with Crippen LogP contribution in [0.3, 0.4) is 0 Å². The molecule has 0 aromatic heterocycles. The Labute approximate surface area is 103 Å². The number of methoxy groups -OCH3 is 1. The average molecular weight is 246 g/mol. The van der Waals surface area contributed by atoms with Gasteiger partial charge in [-0.05, 0) is 12.8 Å². The fourth-order valence-corrected chi connectivity index (χ4v) is 2.08. The van der Waals surface area contributed by atoms with Gasteiger partial charge in [-0.15, -0.1) is 0 Å². The molecule has 1 amide bonds. The van der Waals surface area contributed by atoms with Crippen LogP contribution < -0.4 is 5.73 Å². The number of rotatable bonds is 7. The summed E-state index contributed by atoms with van der Waals surface area (Å²) in [5.41, 5.74) is 5.02. The maximum atomic E-state index is 12.3. The summed E-state index contributed by atoms with van der Waals surface area (Å²) in [5.74, 6) is -0.0120. The predicted octanol–water partition coefficient (Wildman–Crippen LogP) is 1.18. The van der Waals surface area contributed by atoms with E-state index in [1.165, 1.54) is 0 Å². The zero-order valence-electron chi connectivity index (χ0n) is 10.6. The monoisotopic (exact) mass is 246 g/mol. The molecule has 0 heterocycles. The van der Waals surface area contributed by atoms with Crippen molar-refractivity contribution in [2.45, 2.75) is 26.7 Å². The first kappa shape index (κ1) is 15.3. The SMILES string of the molecule is CCC(CC)(C(=O)N(C)CCOC)C(N)=S. The number of amides is 1. The van der Waals surface area contributed by atoms with Crippen molar-refractivity contribution in [3.05, 3.63) is 0 Å². The van der Waals surface area contributed by atoms with E-state index in [1.807, 2.05) is 13.8 Å². The molecule has 0 bridgehead atoms. The van der Waals surface area contributed by atoms with Crippen LogP contribution in [0.25, 0.3) is 0 Å². The standard InChI is InChI=1S/C11H22N2O2S/c1-5-11(6-2,9(12)16)10(14)13(3)7-8-15-4/h5-8H2,1-4H3,(H2,12,16). The van der Waals surface area contributed by atoms with E-state index in [0.717, 1.165) is 0 Å². The summed E-state index contributed by atoms with van der Waals surface area (Å²) < 4.78 is 4.95. The van der Waals surface area contributed by atoms with Gasteiger partial charge < -0.3 is 15.4 Å². The van der Waals surface area contributed by atoms with Gasteiger partial charge in [0, 0.05) is 20.7 Å². The summed E-state index contributed by atoms with van der Waals surface area (Å²) >= 11 is 5.03. The normalized spacial score (nSPS) is 11.2. The van der Waals surface area contributed by atoms with Gasteiger partial charge in [0.1, 0.15) is 0 Å². The van der Waals surface area contributed by atoms with Crippen molar-refractivity contribution in [2.75, 3.05) is 27.3 Å². The third kappa shape index (κ3) is 3.15. The highest BCUT2D eigenvalue weighted by atomic mass is 32.1. The Morgan fingerprint density at radius 3 is 2.25 bits per heavy atom. The van der Waals surface area contributed by atoms with Crippen molar-refractivity contribution in [1.29, 1.82) is 0 Å². The first-order valence-corrected chi connectivity index (χ1v) is 5.91. The van der Waals surface area contributed by atoms with Gasteiger partial charge in [-0.3, -0.25) is 4.79 Å². The van der Waals surface area contributed by atoms with Gasteiger partial charge in [-0.2, -0.15) is 0 Å². The highest BCUT2D eigenvalue weighted by molar-refractivity contribution is 7.80. The third-order valence-electron chi connectivity index (χ3n) is 3.07. The second-order valence-corrected chi connectivity index (χ2v) is 4.31. The molecule has 0 radical (unpaired) electrons. The van der Waals surface area contributed by atoms with Crippen LogP contribution in [0.1, 0.15) is 26.7 Å². The molecule has 0 atom stereocenters. The predicted molar refractivity (Wildman–Crippen MR) is 69.3 cm³/mol. The van der Waals surface area contributed by atoms with Crippen LogP contribution in [0.2, 0.25) is 0 Å². The van der Waals surface area contributed by atoms with E-state index in [0.29, 0.717) is 26.0 Å². The van der Waals surface area contributed by atoms with Gasteiger partial charge in [0.15, 0.2) is 0 Å². The molecular weight excluding hydrogens is 224 g/mol. The molecule has 0 fully saturated rings. The molecule has 94 valence electrons. The Morgan fingerprint density at radius 1 is 1.44 bits per heavy atom. The van der Waals surface area contributed by atoms with Crippen molar-refractivity contribution >= 4 is 23.1 Å². The van der Waals surface area contributed by atoms with Crippen LogP contribution >= 0.6 is 12.2 Å². The van der Waals surface area contributed by atoms with Crippen LogP contribution in [0.15, 0.2) is 0 Å². The fraction of sp³-hybridized carbons (Fsp3) is 0.818. The first-order chi connectivity index (χ1) is 7.46. The number of hydrogen-bond acceptors (Lipinski definition) is 3. The highest BCUT2D eigenvalue weighted by Crippen LogP contribution is 2.29. The van der Waals surface area contributed by atoms with Crippen molar-refractivity contribution in [1.82, 2.24) is 4.90 Å². The molecule has 0 aromatic rings. The number of carbonyl (C=O) groups excluding carboxylic acids is 1. The van der Waals surface area contributed by atoms with E-state index >= 15 is 0 Å². The second kappa shape index (κ2) is 6.81. The maximum absolute atomic E-state index is 12.3. The van der Waals surface area contributed by atoms with Gasteiger partial charge >= 0.3 is 0 Å². The lowest BCUT2D eigenvalue weighted by atomic mass is 9.81. The number of thiocarbonyl (C=S) groups is 1. The molecule has 0 aliphatic rings.